The highest BCUT2D eigenvalue weighted by molar-refractivity contribution is 5.78. The summed E-state index contributed by atoms with van der Waals surface area (Å²) in [6.45, 7) is 2.34. The van der Waals surface area contributed by atoms with Gasteiger partial charge in [0.15, 0.2) is 0 Å². The lowest BCUT2D eigenvalue weighted by molar-refractivity contribution is -0.147. The largest absolute Gasteiger partial charge is 0.481 e. The van der Waals surface area contributed by atoms with Crippen LogP contribution in [0, 0.1) is 5.92 Å². The van der Waals surface area contributed by atoms with E-state index >= 15 is 0 Å². The van der Waals surface area contributed by atoms with Crippen LogP contribution in [0.4, 0.5) is 5.69 Å². The summed E-state index contributed by atoms with van der Waals surface area (Å²) >= 11 is 0. The van der Waals surface area contributed by atoms with Gasteiger partial charge in [-0.2, -0.15) is 0 Å². The van der Waals surface area contributed by atoms with Gasteiger partial charge >= 0.3 is 5.97 Å². The number of carbonyl (C=O) groups is 2. The highest BCUT2D eigenvalue weighted by Gasteiger charge is 2.32. The van der Waals surface area contributed by atoms with Gasteiger partial charge in [-0.05, 0) is 43.9 Å². The maximum atomic E-state index is 12.5. The first-order valence-electron chi connectivity index (χ1n) is 8.17. The van der Waals surface area contributed by atoms with Gasteiger partial charge in [0.2, 0.25) is 5.91 Å². The number of carboxylic acid groups (broad SMARTS) is 1. The summed E-state index contributed by atoms with van der Waals surface area (Å²) in [4.78, 5) is 27.4. The topological polar surface area (TPSA) is 60.9 Å². The first kappa shape index (κ1) is 17.3. The molecule has 2 atom stereocenters. The maximum absolute atomic E-state index is 12.5. The third-order valence-corrected chi connectivity index (χ3v) is 4.61. The van der Waals surface area contributed by atoms with Gasteiger partial charge in [0.05, 0.1) is 5.92 Å². The van der Waals surface area contributed by atoms with Gasteiger partial charge in [0.1, 0.15) is 0 Å². The molecule has 1 aromatic carbocycles. The Morgan fingerprint density at radius 1 is 1.30 bits per heavy atom. The number of hydrogen-bond acceptors (Lipinski definition) is 3. The zero-order valence-corrected chi connectivity index (χ0v) is 14.2. The van der Waals surface area contributed by atoms with E-state index in [4.69, 9.17) is 0 Å². The van der Waals surface area contributed by atoms with Crippen molar-refractivity contribution in [3.8, 4) is 0 Å². The lowest BCUT2D eigenvalue weighted by Crippen LogP contribution is -2.47. The molecule has 0 spiro atoms. The fraction of sp³-hybridized carbons (Fsp3) is 0.556. The van der Waals surface area contributed by atoms with Gasteiger partial charge < -0.3 is 14.9 Å². The smallest absolute Gasteiger partial charge is 0.308 e. The number of nitrogens with zero attached hydrogens (tertiary/aromatic N) is 2. The van der Waals surface area contributed by atoms with E-state index in [0.717, 1.165) is 17.7 Å². The Morgan fingerprint density at radius 3 is 2.70 bits per heavy atom. The second-order valence-electron chi connectivity index (χ2n) is 6.57. The van der Waals surface area contributed by atoms with E-state index in [1.807, 2.05) is 44.1 Å². The molecular formula is C18H26N2O3. The molecule has 5 nitrogen and oxygen atoms in total. The van der Waals surface area contributed by atoms with Gasteiger partial charge in [-0.1, -0.05) is 12.1 Å². The fourth-order valence-electron chi connectivity index (χ4n) is 3.04. The number of aryl methyl sites for hydroxylation is 1. The van der Waals surface area contributed by atoms with E-state index in [1.54, 1.807) is 4.90 Å². The van der Waals surface area contributed by atoms with Crippen molar-refractivity contribution in [3.05, 3.63) is 29.8 Å². The molecule has 0 aromatic heterocycles. The van der Waals surface area contributed by atoms with E-state index in [-0.39, 0.29) is 11.9 Å². The molecule has 0 aliphatic carbocycles. The number of rotatable bonds is 5. The van der Waals surface area contributed by atoms with Crippen molar-refractivity contribution in [1.29, 1.82) is 0 Å². The molecule has 2 rings (SSSR count). The van der Waals surface area contributed by atoms with Crippen LogP contribution in [0.15, 0.2) is 24.3 Å². The predicted octanol–water partition coefficient (Wildman–Crippen LogP) is 2.40. The molecular weight excluding hydrogens is 292 g/mol. The first-order chi connectivity index (χ1) is 10.9. The number of carboxylic acids is 1. The monoisotopic (exact) mass is 318 g/mol. The molecule has 5 heteroatoms. The van der Waals surface area contributed by atoms with Crippen LogP contribution in [0.25, 0.3) is 0 Å². The van der Waals surface area contributed by atoms with Crippen molar-refractivity contribution in [1.82, 2.24) is 4.90 Å². The number of benzene rings is 1. The molecule has 1 aliphatic heterocycles. The maximum Gasteiger partial charge on any atom is 0.308 e. The predicted molar refractivity (Wildman–Crippen MR) is 90.6 cm³/mol. The van der Waals surface area contributed by atoms with Crippen LogP contribution < -0.4 is 4.90 Å². The van der Waals surface area contributed by atoms with Gasteiger partial charge in [-0.25, -0.2) is 0 Å². The number of anilines is 1. The average molecular weight is 318 g/mol. The van der Waals surface area contributed by atoms with Crippen molar-refractivity contribution >= 4 is 17.6 Å². The van der Waals surface area contributed by atoms with Crippen molar-refractivity contribution in [3.63, 3.8) is 0 Å². The molecule has 2 unspecified atom stereocenters. The minimum Gasteiger partial charge on any atom is -0.481 e. The van der Waals surface area contributed by atoms with E-state index in [0.29, 0.717) is 25.8 Å². The van der Waals surface area contributed by atoms with Crippen molar-refractivity contribution in [2.45, 2.75) is 38.6 Å². The van der Waals surface area contributed by atoms with Crippen LogP contribution in [0.1, 0.15) is 31.7 Å². The normalized spacial score (nSPS) is 21.1. The summed E-state index contributed by atoms with van der Waals surface area (Å²) in [5.41, 5.74) is 2.25. The van der Waals surface area contributed by atoms with Crippen molar-refractivity contribution in [2.24, 2.45) is 5.92 Å². The minimum atomic E-state index is -0.798. The molecule has 1 aromatic rings. The summed E-state index contributed by atoms with van der Waals surface area (Å²) in [5.74, 6) is -1.17. The standard InChI is InChI=1S/C18H26N2O3/c1-13-7-9-15(18(22)23)12-20(13)17(21)10-8-14-5-4-6-16(11-14)19(2)3/h4-6,11,13,15H,7-10,12H2,1-3H3,(H,22,23). The Balaban J connectivity index is 1.95. The highest BCUT2D eigenvalue weighted by Crippen LogP contribution is 2.23. The van der Waals surface area contributed by atoms with E-state index in [2.05, 4.69) is 6.07 Å². The molecule has 0 radical (unpaired) electrons. The van der Waals surface area contributed by atoms with Gasteiger partial charge in [-0.15, -0.1) is 0 Å². The number of aliphatic carboxylic acids is 1. The number of piperidine rings is 1. The van der Waals surface area contributed by atoms with Crippen LogP contribution in [0.3, 0.4) is 0 Å². The van der Waals surface area contributed by atoms with Crippen LogP contribution in [0.5, 0.6) is 0 Å². The van der Waals surface area contributed by atoms with Gasteiger partial charge in [0.25, 0.3) is 0 Å². The van der Waals surface area contributed by atoms with Crippen LogP contribution in [-0.4, -0.2) is 48.6 Å². The summed E-state index contributed by atoms with van der Waals surface area (Å²) in [7, 11) is 3.98. The molecule has 23 heavy (non-hydrogen) atoms. The molecule has 1 amide bonds. The summed E-state index contributed by atoms with van der Waals surface area (Å²) < 4.78 is 0. The third kappa shape index (κ3) is 4.47. The second-order valence-corrected chi connectivity index (χ2v) is 6.57. The van der Waals surface area contributed by atoms with Crippen LogP contribution in [-0.2, 0) is 16.0 Å². The number of hydrogen-bond donors (Lipinski definition) is 1. The quantitative estimate of drug-likeness (QED) is 0.905. The van der Waals surface area contributed by atoms with E-state index < -0.39 is 11.9 Å². The van der Waals surface area contributed by atoms with E-state index in [1.165, 1.54) is 0 Å². The second kappa shape index (κ2) is 7.49. The Labute approximate surface area is 137 Å². The summed E-state index contributed by atoms with van der Waals surface area (Å²) in [6, 6.07) is 8.29. The zero-order valence-electron chi connectivity index (χ0n) is 14.2. The van der Waals surface area contributed by atoms with Crippen molar-refractivity contribution in [2.75, 3.05) is 25.5 Å². The molecule has 0 saturated carbocycles. The zero-order chi connectivity index (χ0) is 17.0. The minimum absolute atomic E-state index is 0.0544. The Kier molecular flexibility index (Phi) is 5.64. The van der Waals surface area contributed by atoms with Gasteiger partial charge in [-0.3, -0.25) is 9.59 Å². The molecule has 1 saturated heterocycles. The SMILES string of the molecule is CC1CCC(C(=O)O)CN1C(=O)CCc1cccc(N(C)C)c1. The van der Waals surface area contributed by atoms with Crippen LogP contribution >= 0.6 is 0 Å². The molecule has 126 valence electrons. The molecule has 1 N–H and O–H groups in total. The van der Waals surface area contributed by atoms with Gasteiger partial charge in [0, 0.05) is 38.8 Å². The lowest BCUT2D eigenvalue weighted by atomic mass is 9.93. The molecule has 1 fully saturated rings. The molecule has 1 heterocycles. The number of likely N-dealkylation sites (tertiary alicyclic amines) is 1. The molecule has 1 aliphatic rings. The first-order valence-corrected chi connectivity index (χ1v) is 8.17. The Bertz CT molecular complexity index is 571. The molecule has 0 bridgehead atoms. The van der Waals surface area contributed by atoms with Crippen LogP contribution in [0.2, 0.25) is 0 Å². The average Bonchev–Trinajstić information content (AvgIpc) is 2.53. The lowest BCUT2D eigenvalue weighted by Gasteiger charge is -2.36. The third-order valence-electron chi connectivity index (χ3n) is 4.61. The number of amides is 1. The van der Waals surface area contributed by atoms with E-state index in [9.17, 15) is 14.7 Å². The Hall–Kier alpha value is -2.04. The highest BCUT2D eigenvalue weighted by atomic mass is 16.4. The fourth-order valence-corrected chi connectivity index (χ4v) is 3.04. The van der Waals surface area contributed by atoms with Crippen molar-refractivity contribution < 1.29 is 14.7 Å². The Morgan fingerprint density at radius 2 is 2.04 bits per heavy atom. The summed E-state index contributed by atoms with van der Waals surface area (Å²) in [6.07, 6.45) is 2.53. The summed E-state index contributed by atoms with van der Waals surface area (Å²) in [5, 5.41) is 9.17. The number of carbonyl (C=O) groups excluding carboxylic acids is 1.